The van der Waals surface area contributed by atoms with Crippen LogP contribution in [0.4, 0.5) is 0 Å². The van der Waals surface area contributed by atoms with Crippen LogP contribution in [0.2, 0.25) is 0 Å². The molecule has 0 saturated heterocycles. The Morgan fingerprint density at radius 3 is 1.97 bits per heavy atom. The summed E-state index contributed by atoms with van der Waals surface area (Å²) in [6.45, 7) is 15.0. The van der Waals surface area contributed by atoms with Gasteiger partial charge < -0.3 is 16.4 Å². The third kappa shape index (κ3) is 17.2. The van der Waals surface area contributed by atoms with Crippen LogP contribution in [-0.2, 0) is 14.4 Å². The van der Waals surface area contributed by atoms with E-state index in [2.05, 4.69) is 63.1 Å². The van der Waals surface area contributed by atoms with Gasteiger partial charge in [-0.2, -0.15) is 11.8 Å². The summed E-state index contributed by atoms with van der Waals surface area (Å²) in [5.74, 6) is 0.451. The Morgan fingerprint density at radius 1 is 0.853 bits per heavy atom. The number of carbonyl (C=O) groups excluding carboxylic acids is 3. The van der Waals surface area contributed by atoms with Gasteiger partial charge in [0.1, 0.15) is 6.04 Å². The smallest absolute Gasteiger partial charge is 0.243 e. The maximum Gasteiger partial charge on any atom is 0.243 e. The third-order valence-electron chi connectivity index (χ3n) is 5.21. The summed E-state index contributed by atoms with van der Waals surface area (Å²) in [4.78, 5) is 36.2. The lowest BCUT2D eigenvalue weighted by molar-refractivity contribution is -0.130. The molecule has 0 rings (SSSR count). The van der Waals surface area contributed by atoms with Gasteiger partial charge in [0.05, 0.1) is 6.04 Å². The van der Waals surface area contributed by atoms with Crippen molar-refractivity contribution in [1.29, 1.82) is 0 Å². The van der Waals surface area contributed by atoms with Gasteiger partial charge in [0.15, 0.2) is 5.78 Å². The maximum absolute atomic E-state index is 12.6. The van der Waals surface area contributed by atoms with E-state index in [1.165, 1.54) is 30.6 Å². The van der Waals surface area contributed by atoms with Crippen molar-refractivity contribution >= 4 is 29.4 Å². The van der Waals surface area contributed by atoms with E-state index in [1.807, 2.05) is 0 Å². The van der Waals surface area contributed by atoms with Crippen LogP contribution in [0, 0.1) is 0 Å². The minimum atomic E-state index is -0.745. The van der Waals surface area contributed by atoms with Crippen molar-refractivity contribution in [3.63, 3.8) is 0 Å². The Hall–Kier alpha value is -2.28. The molecule has 0 aromatic rings. The monoisotopic (exact) mass is 491 g/mol. The first-order chi connectivity index (χ1) is 15.9. The van der Waals surface area contributed by atoms with E-state index in [1.54, 1.807) is 11.8 Å². The number of Topliss-reactive ketones (excluding diaryl/α,β-unsaturated/α-hetero) is 1. The van der Waals surface area contributed by atoms with Crippen molar-refractivity contribution in [1.82, 2.24) is 10.6 Å². The SMILES string of the molecule is C=C(N)CCC(NC(C)=O)C(=O)NC(CSC/C=C(\C)CC/C=C(\C)CCC=C(C)C)C(C)=O. The van der Waals surface area contributed by atoms with Gasteiger partial charge in [-0.1, -0.05) is 41.5 Å². The lowest BCUT2D eigenvalue weighted by Gasteiger charge is -2.21. The van der Waals surface area contributed by atoms with E-state index >= 15 is 0 Å². The molecular weight excluding hydrogens is 446 g/mol. The standard InChI is InChI=1S/C27H45N3O3S/c1-19(2)10-8-11-20(3)12-9-13-21(4)16-17-34-18-26(23(6)31)30-27(33)25(29-24(7)32)15-14-22(5)28/h10,12,16,25-26H,5,8-9,11,13-15,17-18,28H2,1-4,6-7H3,(H,29,32)(H,30,33)/b20-12+,21-16+. The fourth-order valence-corrected chi connectivity index (χ4v) is 4.20. The number of hydrogen-bond donors (Lipinski definition) is 3. The average molecular weight is 492 g/mol. The second-order valence-corrected chi connectivity index (χ2v) is 10.2. The molecule has 0 aliphatic heterocycles. The van der Waals surface area contributed by atoms with Crippen LogP contribution in [0.25, 0.3) is 0 Å². The Labute approximate surface area is 211 Å². The van der Waals surface area contributed by atoms with E-state index in [9.17, 15) is 14.4 Å². The molecular formula is C27H45N3O3S. The Bertz CT molecular complexity index is 780. The topological polar surface area (TPSA) is 101 Å². The number of allylic oxidation sites excluding steroid dienone is 6. The van der Waals surface area contributed by atoms with E-state index in [4.69, 9.17) is 5.73 Å². The largest absolute Gasteiger partial charge is 0.403 e. The highest BCUT2D eigenvalue weighted by molar-refractivity contribution is 7.99. The first kappa shape index (κ1) is 31.7. The van der Waals surface area contributed by atoms with Crippen LogP contribution in [0.1, 0.15) is 80.1 Å². The van der Waals surface area contributed by atoms with Gasteiger partial charge in [-0.05, 0) is 73.1 Å². The molecule has 4 N–H and O–H groups in total. The molecule has 7 heteroatoms. The molecule has 0 radical (unpaired) electrons. The van der Waals surface area contributed by atoms with Gasteiger partial charge in [-0.15, -0.1) is 0 Å². The minimum Gasteiger partial charge on any atom is -0.403 e. The molecule has 0 fully saturated rings. The highest BCUT2D eigenvalue weighted by atomic mass is 32.2. The molecule has 0 saturated carbocycles. The summed E-state index contributed by atoms with van der Waals surface area (Å²) in [5.41, 5.74) is 10.1. The number of thioether (sulfide) groups is 1. The zero-order chi connectivity index (χ0) is 26.1. The Kier molecular flexibility index (Phi) is 16.9. The number of nitrogens with two attached hydrogens (primary N) is 1. The van der Waals surface area contributed by atoms with E-state index in [-0.39, 0.29) is 17.6 Å². The van der Waals surface area contributed by atoms with Crippen LogP contribution in [0.3, 0.4) is 0 Å². The number of ketones is 1. The van der Waals surface area contributed by atoms with Crippen molar-refractivity contribution in [2.45, 2.75) is 92.2 Å². The van der Waals surface area contributed by atoms with Gasteiger partial charge in [0, 0.05) is 24.1 Å². The summed E-state index contributed by atoms with van der Waals surface area (Å²) in [6.07, 6.45) is 11.8. The van der Waals surface area contributed by atoms with Crippen LogP contribution in [0.5, 0.6) is 0 Å². The first-order valence-electron chi connectivity index (χ1n) is 12.0. The summed E-state index contributed by atoms with van der Waals surface area (Å²) >= 11 is 1.60. The van der Waals surface area contributed by atoms with Crippen LogP contribution >= 0.6 is 11.8 Å². The van der Waals surface area contributed by atoms with Crippen molar-refractivity contribution in [3.05, 3.63) is 47.2 Å². The van der Waals surface area contributed by atoms with Gasteiger partial charge in [-0.3, -0.25) is 14.4 Å². The van der Waals surface area contributed by atoms with Gasteiger partial charge >= 0.3 is 0 Å². The van der Waals surface area contributed by atoms with Crippen molar-refractivity contribution < 1.29 is 14.4 Å². The fraction of sp³-hybridized carbons (Fsp3) is 0.593. The number of carbonyl (C=O) groups is 3. The highest BCUT2D eigenvalue weighted by Crippen LogP contribution is 2.13. The van der Waals surface area contributed by atoms with Crippen molar-refractivity contribution in [3.8, 4) is 0 Å². The minimum absolute atomic E-state index is 0.111. The van der Waals surface area contributed by atoms with E-state index in [0.29, 0.717) is 24.3 Å². The molecule has 0 aliphatic rings. The Balaban J connectivity index is 4.59. The normalized spacial score (nSPS) is 13.6. The summed E-state index contributed by atoms with van der Waals surface area (Å²) < 4.78 is 0. The van der Waals surface area contributed by atoms with E-state index < -0.39 is 12.1 Å². The maximum atomic E-state index is 12.6. The van der Waals surface area contributed by atoms with Crippen LogP contribution in [-0.4, -0.2) is 41.2 Å². The quantitative estimate of drug-likeness (QED) is 0.197. The number of hydrogen-bond acceptors (Lipinski definition) is 5. The van der Waals surface area contributed by atoms with Crippen LogP contribution < -0.4 is 16.4 Å². The van der Waals surface area contributed by atoms with Gasteiger partial charge in [-0.25, -0.2) is 0 Å². The highest BCUT2D eigenvalue weighted by Gasteiger charge is 2.24. The second kappa shape index (κ2) is 18.1. The fourth-order valence-electron chi connectivity index (χ4n) is 3.10. The number of rotatable bonds is 17. The zero-order valence-electron chi connectivity index (χ0n) is 22.0. The molecule has 2 atom stereocenters. The van der Waals surface area contributed by atoms with Gasteiger partial charge in [0.25, 0.3) is 0 Å². The molecule has 2 unspecified atom stereocenters. The number of nitrogens with one attached hydrogen (secondary N) is 2. The molecule has 34 heavy (non-hydrogen) atoms. The lowest BCUT2D eigenvalue weighted by atomic mass is 10.1. The zero-order valence-corrected chi connectivity index (χ0v) is 22.8. The molecule has 0 aromatic carbocycles. The van der Waals surface area contributed by atoms with Crippen molar-refractivity contribution in [2.75, 3.05) is 11.5 Å². The van der Waals surface area contributed by atoms with Crippen molar-refractivity contribution in [2.24, 2.45) is 5.73 Å². The lowest BCUT2D eigenvalue weighted by Crippen LogP contribution is -2.51. The molecule has 2 amide bonds. The summed E-state index contributed by atoms with van der Waals surface area (Å²) in [6, 6.07) is -1.35. The molecule has 0 aliphatic carbocycles. The third-order valence-corrected chi connectivity index (χ3v) is 6.18. The molecule has 6 nitrogen and oxygen atoms in total. The predicted molar refractivity (Wildman–Crippen MR) is 146 cm³/mol. The molecule has 0 spiro atoms. The average Bonchev–Trinajstić information content (AvgIpc) is 2.72. The second-order valence-electron chi connectivity index (χ2n) is 9.12. The summed E-state index contributed by atoms with van der Waals surface area (Å²) in [7, 11) is 0. The van der Waals surface area contributed by atoms with Gasteiger partial charge in [0.2, 0.25) is 11.8 Å². The molecule has 0 heterocycles. The first-order valence-corrected chi connectivity index (χ1v) is 13.1. The van der Waals surface area contributed by atoms with Crippen LogP contribution in [0.15, 0.2) is 47.2 Å². The number of amides is 2. The summed E-state index contributed by atoms with van der Waals surface area (Å²) in [5, 5.41) is 5.40. The molecule has 0 bridgehead atoms. The predicted octanol–water partition coefficient (Wildman–Crippen LogP) is 4.97. The van der Waals surface area contributed by atoms with E-state index in [0.717, 1.165) is 31.4 Å². The Morgan fingerprint density at radius 2 is 1.44 bits per heavy atom. The molecule has 0 aromatic heterocycles. The molecule has 192 valence electrons.